The molecule has 0 amide bonds. The minimum atomic E-state index is -0.225. The number of para-hydroxylation sites is 1. The highest BCUT2D eigenvalue weighted by Crippen LogP contribution is 2.55. The van der Waals surface area contributed by atoms with Crippen molar-refractivity contribution in [1.29, 1.82) is 0 Å². The first-order chi connectivity index (χ1) is 18.2. The zero-order valence-corrected chi connectivity index (χ0v) is 20.5. The molecule has 1 nitrogen and oxygen atoms in total. The van der Waals surface area contributed by atoms with Crippen LogP contribution in [0.25, 0.3) is 44.2 Å². The van der Waals surface area contributed by atoms with Crippen molar-refractivity contribution in [2.75, 3.05) is 0 Å². The van der Waals surface area contributed by atoms with Gasteiger partial charge in [0.1, 0.15) is 11.5 Å². The van der Waals surface area contributed by atoms with Crippen LogP contribution in [0.2, 0.25) is 0 Å². The van der Waals surface area contributed by atoms with E-state index in [4.69, 9.17) is 4.74 Å². The van der Waals surface area contributed by atoms with Crippen molar-refractivity contribution in [2.45, 2.75) is 12.3 Å². The molecule has 174 valence electrons. The summed E-state index contributed by atoms with van der Waals surface area (Å²) < 4.78 is 6.65. The fraction of sp³-hybridized carbons (Fsp3) is 0.0556. The van der Waals surface area contributed by atoms with Crippen LogP contribution >= 0.6 is 0 Å². The highest BCUT2D eigenvalue weighted by Gasteiger charge is 2.40. The van der Waals surface area contributed by atoms with Gasteiger partial charge in [0, 0.05) is 21.9 Å². The summed E-state index contributed by atoms with van der Waals surface area (Å²) in [5.74, 6) is 1.86. The summed E-state index contributed by atoms with van der Waals surface area (Å²) in [6.45, 7) is 2.37. The summed E-state index contributed by atoms with van der Waals surface area (Å²) in [4.78, 5) is 0. The number of fused-ring (bicyclic) bond motifs is 5. The second-order valence-electron chi connectivity index (χ2n) is 10.2. The summed E-state index contributed by atoms with van der Waals surface area (Å²) in [6, 6.07) is 46.0. The molecule has 0 saturated carbocycles. The number of rotatable bonds is 2. The molecule has 1 unspecified atom stereocenters. The predicted molar refractivity (Wildman–Crippen MR) is 152 cm³/mol. The summed E-state index contributed by atoms with van der Waals surface area (Å²) in [7, 11) is 0. The van der Waals surface area contributed by atoms with Crippen molar-refractivity contribution in [3.63, 3.8) is 0 Å². The fourth-order valence-corrected chi connectivity index (χ4v) is 6.55. The zero-order chi connectivity index (χ0) is 24.6. The maximum absolute atomic E-state index is 6.65. The smallest absolute Gasteiger partial charge is 0.143 e. The fourth-order valence-electron chi connectivity index (χ4n) is 6.55. The van der Waals surface area contributed by atoms with Crippen molar-refractivity contribution >= 4 is 10.8 Å². The van der Waals surface area contributed by atoms with Crippen molar-refractivity contribution in [3.8, 4) is 44.9 Å². The molecule has 1 aliphatic heterocycles. The highest BCUT2D eigenvalue weighted by molar-refractivity contribution is 6.05. The molecule has 0 spiro atoms. The number of ether oxygens (including phenoxy) is 1. The molecule has 0 bridgehead atoms. The van der Waals surface area contributed by atoms with Crippen molar-refractivity contribution < 1.29 is 4.74 Å². The van der Waals surface area contributed by atoms with Crippen LogP contribution in [0.15, 0.2) is 127 Å². The van der Waals surface area contributed by atoms with E-state index in [0.717, 1.165) is 22.6 Å². The first-order valence-corrected chi connectivity index (χ1v) is 12.9. The number of benzene rings is 6. The molecular weight excluding hydrogens is 448 g/mol. The molecular formula is C36H24O. The first kappa shape index (κ1) is 20.6. The SMILES string of the molecule is CC1(c2ccccc2)c2ccccc2-c2ccc(-c3cccc4c3Oc3cccc5cccc-4c35)cc21. The van der Waals surface area contributed by atoms with Crippen LogP contribution < -0.4 is 4.74 Å². The third kappa shape index (κ3) is 2.74. The van der Waals surface area contributed by atoms with E-state index in [1.54, 1.807) is 0 Å². The van der Waals surface area contributed by atoms with Crippen LogP contribution in [0.4, 0.5) is 0 Å². The second-order valence-corrected chi connectivity index (χ2v) is 10.2. The van der Waals surface area contributed by atoms with Gasteiger partial charge in [0.2, 0.25) is 0 Å². The zero-order valence-electron chi connectivity index (χ0n) is 20.5. The Morgan fingerprint density at radius 3 is 2.08 bits per heavy atom. The highest BCUT2D eigenvalue weighted by atomic mass is 16.5. The molecule has 37 heavy (non-hydrogen) atoms. The van der Waals surface area contributed by atoms with Crippen LogP contribution in [-0.4, -0.2) is 0 Å². The van der Waals surface area contributed by atoms with Gasteiger partial charge in [0.15, 0.2) is 0 Å². The van der Waals surface area contributed by atoms with Crippen molar-refractivity contribution in [1.82, 2.24) is 0 Å². The van der Waals surface area contributed by atoms with Gasteiger partial charge in [-0.25, -0.2) is 0 Å². The third-order valence-corrected chi connectivity index (χ3v) is 8.36. The van der Waals surface area contributed by atoms with Crippen LogP contribution in [0.1, 0.15) is 23.6 Å². The second kappa shape index (κ2) is 7.44. The molecule has 6 aromatic rings. The lowest BCUT2D eigenvalue weighted by atomic mass is 9.74. The number of hydrogen-bond donors (Lipinski definition) is 0. The maximum atomic E-state index is 6.65. The molecule has 0 saturated heterocycles. The quantitative estimate of drug-likeness (QED) is 0.243. The topological polar surface area (TPSA) is 9.23 Å². The molecule has 1 heterocycles. The Morgan fingerprint density at radius 1 is 0.514 bits per heavy atom. The minimum Gasteiger partial charge on any atom is -0.455 e. The Kier molecular flexibility index (Phi) is 4.14. The van der Waals surface area contributed by atoms with Gasteiger partial charge >= 0.3 is 0 Å². The van der Waals surface area contributed by atoms with Gasteiger partial charge in [-0.05, 0) is 63.4 Å². The van der Waals surface area contributed by atoms with Crippen molar-refractivity contribution in [2.24, 2.45) is 0 Å². The van der Waals surface area contributed by atoms with Gasteiger partial charge in [-0.15, -0.1) is 0 Å². The van der Waals surface area contributed by atoms with Gasteiger partial charge in [-0.1, -0.05) is 115 Å². The van der Waals surface area contributed by atoms with E-state index in [-0.39, 0.29) is 5.41 Å². The van der Waals surface area contributed by atoms with E-state index in [1.807, 2.05) is 0 Å². The van der Waals surface area contributed by atoms with Crippen molar-refractivity contribution in [3.05, 3.63) is 144 Å². The van der Waals surface area contributed by atoms with Crippen LogP contribution in [-0.2, 0) is 5.41 Å². The van der Waals surface area contributed by atoms with Crippen LogP contribution in [0.5, 0.6) is 11.5 Å². The van der Waals surface area contributed by atoms with E-state index < -0.39 is 0 Å². The molecule has 1 heteroatoms. The molecule has 0 fully saturated rings. The third-order valence-electron chi connectivity index (χ3n) is 8.36. The van der Waals surface area contributed by atoms with E-state index in [0.29, 0.717) is 0 Å². The molecule has 0 radical (unpaired) electrons. The van der Waals surface area contributed by atoms with Gasteiger partial charge in [-0.2, -0.15) is 0 Å². The largest absolute Gasteiger partial charge is 0.455 e. The predicted octanol–water partition coefficient (Wildman–Crippen LogP) is 9.61. The summed E-state index contributed by atoms with van der Waals surface area (Å²) in [6.07, 6.45) is 0. The molecule has 6 aromatic carbocycles. The van der Waals surface area contributed by atoms with Gasteiger partial charge < -0.3 is 4.74 Å². The standard InChI is InChI=1S/C36H24O/c1-36(25-12-3-2-4-13-25)31-18-6-5-14-27(31)28-21-20-24(22-32(28)36)26-15-9-17-30-29-16-7-10-23-11-8-19-33(34(23)29)37-35(26)30/h2-22H,1H3. The average Bonchev–Trinajstić information content (AvgIpc) is 3.22. The lowest BCUT2D eigenvalue weighted by Crippen LogP contribution is -2.22. The normalized spacial score (nSPS) is 16.6. The molecule has 1 atom stereocenters. The Bertz CT molecular complexity index is 1860. The molecule has 1 aliphatic carbocycles. The average molecular weight is 473 g/mol. The summed E-state index contributed by atoms with van der Waals surface area (Å²) in [5, 5.41) is 2.40. The first-order valence-electron chi connectivity index (χ1n) is 12.9. The lowest BCUT2D eigenvalue weighted by Gasteiger charge is -2.29. The molecule has 0 N–H and O–H groups in total. The van der Waals surface area contributed by atoms with E-state index in [9.17, 15) is 0 Å². The number of hydrogen-bond acceptors (Lipinski definition) is 1. The Morgan fingerprint density at radius 2 is 1.19 bits per heavy atom. The summed E-state index contributed by atoms with van der Waals surface area (Å²) in [5.41, 5.74) is 11.1. The van der Waals surface area contributed by atoms with Gasteiger partial charge in [0.05, 0.1) is 0 Å². The Hall–Kier alpha value is -4.62. The lowest BCUT2D eigenvalue weighted by molar-refractivity contribution is 0.489. The molecule has 0 aromatic heterocycles. The molecule has 8 rings (SSSR count). The maximum Gasteiger partial charge on any atom is 0.143 e. The monoisotopic (exact) mass is 472 g/mol. The minimum absolute atomic E-state index is 0.225. The van der Waals surface area contributed by atoms with E-state index in [2.05, 4.69) is 134 Å². The van der Waals surface area contributed by atoms with Crippen LogP contribution in [0, 0.1) is 0 Å². The van der Waals surface area contributed by atoms with Gasteiger partial charge in [-0.3, -0.25) is 0 Å². The molecule has 2 aliphatic rings. The van der Waals surface area contributed by atoms with E-state index >= 15 is 0 Å². The Labute approximate surface area is 216 Å². The summed E-state index contributed by atoms with van der Waals surface area (Å²) >= 11 is 0. The van der Waals surface area contributed by atoms with E-state index in [1.165, 1.54) is 49.7 Å². The Balaban J connectivity index is 1.36. The van der Waals surface area contributed by atoms with Crippen LogP contribution in [0.3, 0.4) is 0 Å². The van der Waals surface area contributed by atoms with Gasteiger partial charge in [0.25, 0.3) is 0 Å².